The number of quaternary nitrogens is 1. The van der Waals surface area contributed by atoms with Crippen LogP contribution in [0.25, 0.3) is 0 Å². The third-order valence-corrected chi connectivity index (χ3v) is 3.89. The Hall–Kier alpha value is -2.20. The first kappa shape index (κ1) is 12.8. The van der Waals surface area contributed by atoms with Crippen LogP contribution >= 0.6 is 0 Å². The highest BCUT2D eigenvalue weighted by Gasteiger charge is 2.25. The molecule has 0 bridgehead atoms. The van der Waals surface area contributed by atoms with Gasteiger partial charge in [0.25, 0.3) is 0 Å². The van der Waals surface area contributed by atoms with Crippen molar-refractivity contribution in [3.05, 3.63) is 53.1 Å². The van der Waals surface area contributed by atoms with Gasteiger partial charge >= 0.3 is 0 Å². The predicted molar refractivity (Wildman–Crippen MR) is 74.8 cm³/mol. The smallest absolute Gasteiger partial charge is 0.157 e. The van der Waals surface area contributed by atoms with Gasteiger partial charge in [0.05, 0.1) is 6.54 Å². The summed E-state index contributed by atoms with van der Waals surface area (Å²) in [5, 5.41) is 30.9. The van der Waals surface area contributed by atoms with E-state index in [1.807, 2.05) is 12.1 Å². The van der Waals surface area contributed by atoms with Crippen LogP contribution in [0, 0.1) is 0 Å². The molecular weight excluding hydrogens is 254 g/mol. The number of phenols is 3. The zero-order valence-corrected chi connectivity index (χ0v) is 11.1. The zero-order chi connectivity index (χ0) is 14.1. The van der Waals surface area contributed by atoms with Crippen LogP contribution < -0.4 is 5.32 Å². The number of hydrogen-bond acceptors (Lipinski definition) is 3. The van der Waals surface area contributed by atoms with Crippen LogP contribution in [0.4, 0.5) is 0 Å². The summed E-state index contributed by atoms with van der Waals surface area (Å²) in [6, 6.07) is 10.8. The van der Waals surface area contributed by atoms with Crippen molar-refractivity contribution in [1.82, 2.24) is 0 Å². The standard InChI is InChI=1S/C16H17NO3/c18-12-3-1-10(2-4-12)7-14-13-9-16(20)15(19)8-11(13)5-6-17-14/h1-4,8-9,14,17-20H,5-7H2/p+1/t14-/m1/s1. The highest BCUT2D eigenvalue weighted by molar-refractivity contribution is 5.47. The average Bonchev–Trinajstić information content (AvgIpc) is 2.43. The minimum Gasteiger partial charge on any atom is -0.508 e. The second-order valence-corrected chi connectivity index (χ2v) is 5.29. The first-order valence-electron chi connectivity index (χ1n) is 6.79. The second kappa shape index (κ2) is 5.06. The van der Waals surface area contributed by atoms with E-state index in [4.69, 9.17) is 0 Å². The molecule has 0 aliphatic carbocycles. The van der Waals surface area contributed by atoms with Crippen LogP contribution in [-0.4, -0.2) is 21.9 Å². The molecule has 2 aromatic carbocycles. The van der Waals surface area contributed by atoms with Gasteiger partial charge in [0.2, 0.25) is 0 Å². The van der Waals surface area contributed by atoms with Crippen LogP contribution in [0.1, 0.15) is 22.7 Å². The van der Waals surface area contributed by atoms with E-state index in [9.17, 15) is 15.3 Å². The largest absolute Gasteiger partial charge is 0.508 e. The maximum Gasteiger partial charge on any atom is 0.157 e. The normalized spacial score (nSPS) is 17.7. The van der Waals surface area contributed by atoms with Crippen molar-refractivity contribution < 1.29 is 20.6 Å². The number of hydrogen-bond donors (Lipinski definition) is 4. The summed E-state index contributed by atoms with van der Waals surface area (Å²) in [5.41, 5.74) is 3.33. The number of fused-ring (bicyclic) bond motifs is 1. The lowest BCUT2D eigenvalue weighted by molar-refractivity contribution is -0.698. The van der Waals surface area contributed by atoms with Crippen molar-refractivity contribution in [2.24, 2.45) is 0 Å². The van der Waals surface area contributed by atoms with Crippen molar-refractivity contribution in [2.45, 2.75) is 18.9 Å². The molecule has 2 aromatic rings. The molecule has 3 rings (SSSR count). The molecule has 4 nitrogen and oxygen atoms in total. The SMILES string of the molecule is Oc1ccc(C[C@H]2[NH2+]CCc3cc(O)c(O)cc32)cc1. The molecule has 4 heteroatoms. The van der Waals surface area contributed by atoms with Gasteiger partial charge in [-0.3, -0.25) is 0 Å². The summed E-state index contributed by atoms with van der Waals surface area (Å²) < 4.78 is 0. The summed E-state index contributed by atoms with van der Waals surface area (Å²) in [7, 11) is 0. The number of benzene rings is 2. The van der Waals surface area contributed by atoms with E-state index >= 15 is 0 Å². The van der Waals surface area contributed by atoms with E-state index in [1.54, 1.807) is 24.3 Å². The van der Waals surface area contributed by atoms with E-state index in [0.717, 1.165) is 36.1 Å². The fourth-order valence-corrected chi connectivity index (χ4v) is 2.84. The second-order valence-electron chi connectivity index (χ2n) is 5.29. The Kier molecular flexibility index (Phi) is 3.24. The summed E-state index contributed by atoms with van der Waals surface area (Å²) >= 11 is 0. The Morgan fingerprint density at radius 1 is 1.00 bits per heavy atom. The van der Waals surface area contributed by atoms with Crippen molar-refractivity contribution >= 4 is 0 Å². The van der Waals surface area contributed by atoms with Crippen molar-refractivity contribution in [3.8, 4) is 17.2 Å². The topological polar surface area (TPSA) is 77.3 Å². The average molecular weight is 272 g/mol. The third-order valence-electron chi connectivity index (χ3n) is 3.89. The molecule has 0 amide bonds. The van der Waals surface area contributed by atoms with Gasteiger partial charge in [-0.1, -0.05) is 12.1 Å². The molecule has 0 unspecified atom stereocenters. The molecule has 0 fully saturated rings. The third kappa shape index (κ3) is 2.42. The minimum absolute atomic E-state index is 0.0472. The van der Waals surface area contributed by atoms with Gasteiger partial charge in [0.1, 0.15) is 11.8 Å². The minimum atomic E-state index is -0.0604. The zero-order valence-electron chi connectivity index (χ0n) is 11.1. The summed E-state index contributed by atoms with van der Waals surface area (Å²) in [6.07, 6.45) is 1.73. The lowest BCUT2D eigenvalue weighted by atomic mass is 9.90. The first-order valence-corrected chi connectivity index (χ1v) is 6.79. The van der Waals surface area contributed by atoms with E-state index in [-0.39, 0.29) is 23.3 Å². The van der Waals surface area contributed by atoms with Gasteiger partial charge in [-0.15, -0.1) is 0 Å². The Labute approximate surface area is 117 Å². The summed E-state index contributed by atoms with van der Waals surface area (Å²) in [6.45, 7) is 0.972. The van der Waals surface area contributed by atoms with Crippen LogP contribution in [-0.2, 0) is 12.8 Å². The van der Waals surface area contributed by atoms with E-state index in [2.05, 4.69) is 5.32 Å². The van der Waals surface area contributed by atoms with Gasteiger partial charge in [-0.05, 0) is 35.4 Å². The van der Waals surface area contributed by atoms with E-state index in [1.165, 1.54) is 0 Å². The van der Waals surface area contributed by atoms with Crippen molar-refractivity contribution in [1.29, 1.82) is 0 Å². The lowest BCUT2D eigenvalue weighted by Crippen LogP contribution is -2.87. The van der Waals surface area contributed by atoms with E-state index in [0.29, 0.717) is 0 Å². The maximum absolute atomic E-state index is 9.70. The van der Waals surface area contributed by atoms with E-state index < -0.39 is 0 Å². The molecule has 1 heterocycles. The number of aromatic hydroxyl groups is 3. The highest BCUT2D eigenvalue weighted by Crippen LogP contribution is 2.33. The molecular formula is C16H18NO3+. The van der Waals surface area contributed by atoms with Crippen molar-refractivity contribution in [3.63, 3.8) is 0 Å². The molecule has 0 spiro atoms. The van der Waals surface area contributed by atoms with Gasteiger partial charge in [-0.2, -0.15) is 0 Å². The molecule has 20 heavy (non-hydrogen) atoms. The molecule has 0 saturated heterocycles. The molecule has 0 saturated carbocycles. The molecule has 1 aliphatic heterocycles. The predicted octanol–water partition coefficient (Wildman–Crippen LogP) is 1.21. The molecule has 104 valence electrons. The fourth-order valence-electron chi connectivity index (χ4n) is 2.84. The number of nitrogens with two attached hydrogens (primary N) is 1. The van der Waals surface area contributed by atoms with Gasteiger partial charge < -0.3 is 20.6 Å². The Morgan fingerprint density at radius 2 is 1.70 bits per heavy atom. The molecule has 5 N–H and O–H groups in total. The Bertz CT molecular complexity index is 622. The fraction of sp³-hybridized carbons (Fsp3) is 0.250. The van der Waals surface area contributed by atoms with Crippen LogP contribution in [0.2, 0.25) is 0 Å². The molecule has 0 aromatic heterocycles. The van der Waals surface area contributed by atoms with Crippen LogP contribution in [0.15, 0.2) is 36.4 Å². The summed E-state index contributed by atoms with van der Waals surface area (Å²) in [5.74, 6) is 0.160. The Morgan fingerprint density at radius 3 is 2.45 bits per heavy atom. The molecule has 1 aliphatic rings. The first-order chi connectivity index (χ1) is 9.63. The van der Waals surface area contributed by atoms with Crippen LogP contribution in [0.3, 0.4) is 0 Å². The van der Waals surface area contributed by atoms with Gasteiger partial charge in [-0.25, -0.2) is 0 Å². The molecule has 1 atom stereocenters. The maximum atomic E-state index is 9.70. The Balaban J connectivity index is 1.89. The van der Waals surface area contributed by atoms with Crippen molar-refractivity contribution in [2.75, 3.05) is 6.54 Å². The number of phenolic OH excluding ortho intramolecular Hbond substituents is 3. The van der Waals surface area contributed by atoms with Gasteiger partial charge in [0.15, 0.2) is 11.5 Å². The van der Waals surface area contributed by atoms with Crippen LogP contribution in [0.5, 0.6) is 17.2 Å². The number of rotatable bonds is 2. The lowest BCUT2D eigenvalue weighted by Gasteiger charge is -2.24. The molecule has 0 radical (unpaired) electrons. The quantitative estimate of drug-likeness (QED) is 0.621. The van der Waals surface area contributed by atoms with Gasteiger partial charge in [0, 0.05) is 18.4 Å². The summed E-state index contributed by atoms with van der Waals surface area (Å²) in [4.78, 5) is 0. The monoisotopic (exact) mass is 272 g/mol. The highest BCUT2D eigenvalue weighted by atomic mass is 16.3.